The number of thioether (sulfide) groups is 1. The third kappa shape index (κ3) is 5.38. The molecule has 3 aliphatic rings. The minimum Gasteiger partial charge on any atom is -0.434 e. The number of carbonyl (C=O) groups excluding carboxylic acids is 2. The van der Waals surface area contributed by atoms with Crippen molar-refractivity contribution in [2.24, 2.45) is 0 Å². The van der Waals surface area contributed by atoms with Crippen LogP contribution in [0.1, 0.15) is 65.8 Å². The average Bonchev–Trinajstić information content (AvgIpc) is 3.18. The predicted octanol–water partition coefficient (Wildman–Crippen LogP) is 5.37. The van der Waals surface area contributed by atoms with E-state index in [4.69, 9.17) is 14.2 Å². The maximum Gasteiger partial charge on any atom is 0.514 e. The maximum atomic E-state index is 15.3. The first-order chi connectivity index (χ1) is 20.9. The number of carbonyl (C=O) groups is 2. The highest BCUT2D eigenvalue weighted by Crippen LogP contribution is 2.45. The lowest BCUT2D eigenvalue weighted by atomic mass is 9.93. The van der Waals surface area contributed by atoms with Gasteiger partial charge in [0.05, 0.1) is 25.9 Å². The van der Waals surface area contributed by atoms with Gasteiger partial charge in [0.1, 0.15) is 6.17 Å². The van der Waals surface area contributed by atoms with Crippen LogP contribution in [0.3, 0.4) is 0 Å². The number of morpholine rings is 1. The molecule has 0 bridgehead atoms. The summed E-state index contributed by atoms with van der Waals surface area (Å²) in [5.74, 6) is -2.66. The van der Waals surface area contributed by atoms with E-state index in [1.165, 1.54) is 28.7 Å². The van der Waals surface area contributed by atoms with E-state index in [1.54, 1.807) is 11.0 Å². The number of amides is 1. The zero-order valence-corrected chi connectivity index (χ0v) is 24.4. The Morgan fingerprint density at radius 3 is 2.74 bits per heavy atom. The predicted molar refractivity (Wildman–Crippen MR) is 155 cm³/mol. The van der Waals surface area contributed by atoms with Gasteiger partial charge in [0.25, 0.3) is 5.91 Å². The minimum absolute atomic E-state index is 0.121. The summed E-state index contributed by atoms with van der Waals surface area (Å²) < 4.78 is 47.7. The second-order valence-electron chi connectivity index (χ2n) is 10.6. The molecule has 12 heteroatoms. The van der Waals surface area contributed by atoms with Gasteiger partial charge in [-0.15, -0.1) is 11.8 Å². The molecule has 0 N–H and O–H groups in total. The molecule has 4 heterocycles. The van der Waals surface area contributed by atoms with E-state index in [0.29, 0.717) is 12.0 Å². The van der Waals surface area contributed by atoms with E-state index >= 15 is 4.39 Å². The number of fused-ring (bicyclic) bond motifs is 4. The van der Waals surface area contributed by atoms with Crippen LogP contribution in [0, 0.1) is 11.6 Å². The average molecular weight is 612 g/mol. The van der Waals surface area contributed by atoms with Crippen molar-refractivity contribution >= 4 is 23.8 Å². The van der Waals surface area contributed by atoms with Crippen LogP contribution in [-0.4, -0.2) is 54.2 Å². The fraction of sp³-hybridized carbons (Fsp3) is 0.387. The number of hydrogen-bond acceptors (Lipinski definition) is 8. The first-order valence-corrected chi connectivity index (χ1v) is 15.3. The second kappa shape index (κ2) is 12.4. The van der Waals surface area contributed by atoms with E-state index < -0.39 is 47.1 Å². The summed E-state index contributed by atoms with van der Waals surface area (Å²) in [5, 5.41) is 1.82. The van der Waals surface area contributed by atoms with Crippen molar-refractivity contribution in [3.05, 3.63) is 92.9 Å². The number of benzene rings is 2. The number of pyridine rings is 1. The number of hydrogen-bond donors (Lipinski definition) is 0. The molecule has 43 heavy (non-hydrogen) atoms. The van der Waals surface area contributed by atoms with E-state index in [2.05, 4.69) is 6.92 Å². The van der Waals surface area contributed by atoms with Crippen LogP contribution in [0.4, 0.5) is 13.6 Å². The van der Waals surface area contributed by atoms with Crippen LogP contribution in [0.5, 0.6) is 5.75 Å². The van der Waals surface area contributed by atoms with Crippen molar-refractivity contribution in [3.8, 4) is 5.75 Å². The summed E-state index contributed by atoms with van der Waals surface area (Å²) in [5.41, 5.74) is 0.689. The molecule has 0 spiro atoms. The third-order valence-corrected chi connectivity index (χ3v) is 9.05. The number of ether oxygens (including phenoxy) is 3. The van der Waals surface area contributed by atoms with Crippen molar-refractivity contribution in [1.82, 2.24) is 9.58 Å². The summed E-state index contributed by atoms with van der Waals surface area (Å²) in [4.78, 5) is 42.2. The molecule has 0 saturated carbocycles. The Hall–Kier alpha value is -3.90. The van der Waals surface area contributed by atoms with Gasteiger partial charge < -0.3 is 19.1 Å². The lowest BCUT2D eigenvalue weighted by molar-refractivity contribution is -0.0198. The topological polar surface area (TPSA) is 90.3 Å². The third-order valence-electron chi connectivity index (χ3n) is 7.94. The second-order valence-corrected chi connectivity index (χ2v) is 11.6. The maximum absolute atomic E-state index is 15.3. The Morgan fingerprint density at radius 2 is 1.91 bits per heavy atom. The SMILES string of the molecule is CCCCCCOC(=O)Oc1c2n(ccc1=O)N([C@@H]1c3ccccc3SCc3c1ccc(F)c3F)[C@@H]1COCCN1C2=O. The molecule has 6 rings (SSSR count). The molecule has 2 aromatic carbocycles. The van der Waals surface area contributed by atoms with Crippen molar-refractivity contribution in [1.29, 1.82) is 0 Å². The molecule has 0 aliphatic carbocycles. The molecule has 226 valence electrons. The summed E-state index contributed by atoms with van der Waals surface area (Å²) in [6, 6.07) is 10.7. The Bertz CT molecular complexity index is 1610. The van der Waals surface area contributed by atoms with E-state index in [1.807, 2.05) is 29.3 Å². The lowest BCUT2D eigenvalue weighted by Crippen LogP contribution is -2.66. The van der Waals surface area contributed by atoms with Gasteiger partial charge in [0.2, 0.25) is 11.2 Å². The monoisotopic (exact) mass is 611 g/mol. The normalized spacial score (nSPS) is 19.1. The number of unbranched alkanes of at least 4 members (excludes halogenated alkanes) is 3. The fourth-order valence-corrected chi connectivity index (χ4v) is 6.98. The highest BCUT2D eigenvalue weighted by molar-refractivity contribution is 7.98. The van der Waals surface area contributed by atoms with Crippen LogP contribution >= 0.6 is 11.8 Å². The Kier molecular flexibility index (Phi) is 8.40. The van der Waals surface area contributed by atoms with Gasteiger partial charge in [0.15, 0.2) is 17.3 Å². The molecule has 2 atom stereocenters. The van der Waals surface area contributed by atoms with Crippen LogP contribution in [-0.2, 0) is 15.2 Å². The molecule has 0 unspecified atom stereocenters. The van der Waals surface area contributed by atoms with E-state index in [0.717, 1.165) is 35.8 Å². The number of halogens is 2. The molecule has 1 fully saturated rings. The zero-order chi connectivity index (χ0) is 30.1. The smallest absolute Gasteiger partial charge is 0.434 e. The Labute approximate surface area is 251 Å². The Balaban J connectivity index is 1.49. The van der Waals surface area contributed by atoms with Gasteiger partial charge >= 0.3 is 6.16 Å². The van der Waals surface area contributed by atoms with Crippen molar-refractivity contribution < 1.29 is 32.6 Å². The first-order valence-electron chi connectivity index (χ1n) is 14.4. The molecular formula is C31H31F2N3O6S. The zero-order valence-electron chi connectivity index (χ0n) is 23.6. The summed E-state index contributed by atoms with van der Waals surface area (Å²) in [6.07, 6.45) is 3.24. The van der Waals surface area contributed by atoms with Crippen molar-refractivity contribution in [2.45, 2.75) is 55.5 Å². The van der Waals surface area contributed by atoms with Gasteiger partial charge in [-0.25, -0.2) is 13.6 Å². The summed E-state index contributed by atoms with van der Waals surface area (Å²) >= 11 is 1.39. The van der Waals surface area contributed by atoms with Gasteiger partial charge in [-0.05, 0) is 29.7 Å². The highest BCUT2D eigenvalue weighted by atomic mass is 32.2. The fourth-order valence-electron chi connectivity index (χ4n) is 5.87. The standard InChI is InChI=1S/C31H31F2N3O6S/c1-2-3-4-7-15-41-31(39)42-29-23(37)12-13-35-28(29)30(38)34-14-16-40-17-25(34)36(35)27-19-10-11-22(32)26(33)21(19)18-43-24-9-6-5-8-20(24)27/h5-6,8-13,25,27H,2-4,7,14-18H2,1H3/t25-,27+/m1/s1. The molecule has 3 aromatic rings. The van der Waals surface area contributed by atoms with Crippen LogP contribution in [0.15, 0.2) is 58.4 Å². The quantitative estimate of drug-likeness (QED) is 0.260. The summed E-state index contributed by atoms with van der Waals surface area (Å²) in [6.45, 7) is 2.78. The number of nitrogens with zero attached hydrogens (tertiary/aromatic N) is 3. The Morgan fingerprint density at radius 1 is 1.07 bits per heavy atom. The lowest BCUT2D eigenvalue weighted by Gasteiger charge is -2.51. The molecule has 1 saturated heterocycles. The molecule has 9 nitrogen and oxygen atoms in total. The van der Waals surface area contributed by atoms with Crippen LogP contribution < -0.4 is 15.2 Å². The minimum atomic E-state index is -1.08. The molecule has 1 aromatic heterocycles. The number of rotatable bonds is 7. The van der Waals surface area contributed by atoms with Gasteiger partial charge in [0, 0.05) is 35.0 Å². The molecule has 3 aliphatic heterocycles. The van der Waals surface area contributed by atoms with Gasteiger partial charge in [-0.3, -0.25) is 19.3 Å². The largest absolute Gasteiger partial charge is 0.514 e. The van der Waals surface area contributed by atoms with E-state index in [9.17, 15) is 18.8 Å². The van der Waals surface area contributed by atoms with Gasteiger partial charge in [-0.1, -0.05) is 50.5 Å². The van der Waals surface area contributed by atoms with Crippen LogP contribution in [0.25, 0.3) is 0 Å². The number of aromatic nitrogens is 1. The van der Waals surface area contributed by atoms with Crippen molar-refractivity contribution in [3.63, 3.8) is 0 Å². The molecule has 1 amide bonds. The highest BCUT2D eigenvalue weighted by Gasteiger charge is 2.46. The van der Waals surface area contributed by atoms with E-state index in [-0.39, 0.29) is 43.4 Å². The van der Waals surface area contributed by atoms with Crippen LogP contribution in [0.2, 0.25) is 0 Å². The van der Waals surface area contributed by atoms with Gasteiger partial charge in [-0.2, -0.15) is 0 Å². The first kappa shape index (κ1) is 29.2. The van der Waals surface area contributed by atoms with Crippen molar-refractivity contribution in [2.75, 3.05) is 31.4 Å². The molecular weight excluding hydrogens is 580 g/mol. The summed E-state index contributed by atoms with van der Waals surface area (Å²) in [7, 11) is 0. The molecule has 0 radical (unpaired) electrons.